The number of imide groups is 1. The highest BCUT2D eigenvalue weighted by molar-refractivity contribution is 6.21. The summed E-state index contributed by atoms with van der Waals surface area (Å²) < 4.78 is 5.12. The number of esters is 1. The van der Waals surface area contributed by atoms with E-state index in [1.807, 2.05) is 18.2 Å². The van der Waals surface area contributed by atoms with Gasteiger partial charge in [-0.1, -0.05) is 18.2 Å². The summed E-state index contributed by atoms with van der Waals surface area (Å²) in [5.41, 5.74) is 0.619. The molecule has 0 radical (unpaired) electrons. The van der Waals surface area contributed by atoms with Crippen LogP contribution in [0.1, 0.15) is 26.2 Å². The van der Waals surface area contributed by atoms with Crippen molar-refractivity contribution in [1.29, 1.82) is 0 Å². The molecule has 2 heterocycles. The molecule has 2 aliphatic rings. The lowest BCUT2D eigenvalue weighted by molar-refractivity contribution is -0.922. The van der Waals surface area contributed by atoms with Crippen LogP contribution in [0.25, 0.3) is 0 Å². The number of nitrogens with zero attached hydrogens (tertiary/aromatic N) is 1. The maximum Gasteiger partial charge on any atom is 0.314 e. The molecule has 6 heteroatoms. The third kappa shape index (κ3) is 3.19. The lowest BCUT2D eigenvalue weighted by Gasteiger charge is -2.31. The van der Waals surface area contributed by atoms with E-state index in [1.165, 1.54) is 4.90 Å². The van der Waals surface area contributed by atoms with Gasteiger partial charge >= 0.3 is 5.97 Å². The summed E-state index contributed by atoms with van der Waals surface area (Å²) >= 11 is 0. The quantitative estimate of drug-likeness (QED) is 0.631. The fourth-order valence-electron chi connectivity index (χ4n) is 3.67. The fourth-order valence-corrected chi connectivity index (χ4v) is 3.67. The summed E-state index contributed by atoms with van der Waals surface area (Å²) in [7, 11) is 0. The Morgan fingerprint density at radius 1 is 1.29 bits per heavy atom. The molecule has 1 N–H and O–H groups in total. The first kappa shape index (κ1) is 16.6. The molecule has 2 aliphatic heterocycles. The third-order valence-electron chi connectivity index (χ3n) is 4.83. The minimum atomic E-state index is -0.394. The second-order valence-electron chi connectivity index (χ2n) is 6.36. The van der Waals surface area contributed by atoms with E-state index in [-0.39, 0.29) is 30.1 Å². The molecule has 0 saturated carbocycles. The van der Waals surface area contributed by atoms with Gasteiger partial charge in [-0.05, 0) is 31.9 Å². The van der Waals surface area contributed by atoms with Gasteiger partial charge in [0.2, 0.25) is 5.91 Å². The van der Waals surface area contributed by atoms with Gasteiger partial charge in [-0.2, -0.15) is 0 Å². The maximum atomic E-state index is 12.8. The Bertz CT molecular complexity index is 631. The molecule has 2 amide bonds. The van der Waals surface area contributed by atoms with Crippen molar-refractivity contribution in [2.45, 2.75) is 32.2 Å². The Balaban J connectivity index is 1.72. The highest BCUT2D eigenvalue weighted by Crippen LogP contribution is 2.22. The van der Waals surface area contributed by atoms with Gasteiger partial charge in [0.15, 0.2) is 6.04 Å². The number of para-hydroxylation sites is 1. The normalized spacial score (nSPS) is 27.4. The Morgan fingerprint density at radius 2 is 2.04 bits per heavy atom. The van der Waals surface area contributed by atoms with E-state index in [0.717, 1.165) is 24.3 Å². The standard InChI is InChI=1S/C18H22N2O4/c1-2-24-18(23)13-7-6-10-19(12-13)15-11-16(21)20(17(15)22)14-8-4-3-5-9-14/h3-5,8-9,13,15H,2,6-7,10-12H2,1H3/p+1/t13-,15-/m0/s1. The molecule has 2 fully saturated rings. The number of hydrogen-bond donors (Lipinski definition) is 1. The van der Waals surface area contributed by atoms with Crippen molar-refractivity contribution < 1.29 is 24.0 Å². The zero-order valence-corrected chi connectivity index (χ0v) is 13.9. The number of carbonyl (C=O) groups excluding carboxylic acids is 3. The van der Waals surface area contributed by atoms with Crippen LogP contribution in [0.4, 0.5) is 5.69 Å². The number of rotatable bonds is 4. The summed E-state index contributed by atoms with van der Waals surface area (Å²) in [6, 6.07) is 8.62. The van der Waals surface area contributed by atoms with Crippen molar-refractivity contribution in [3.8, 4) is 0 Å². The van der Waals surface area contributed by atoms with Crippen LogP contribution in [0.3, 0.4) is 0 Å². The minimum absolute atomic E-state index is 0.161. The van der Waals surface area contributed by atoms with Crippen LogP contribution in [0, 0.1) is 5.92 Å². The van der Waals surface area contributed by atoms with E-state index in [9.17, 15) is 14.4 Å². The summed E-state index contributed by atoms with van der Waals surface area (Å²) in [6.07, 6.45) is 1.86. The van der Waals surface area contributed by atoms with Gasteiger partial charge in [0.1, 0.15) is 5.92 Å². The number of benzene rings is 1. The Morgan fingerprint density at radius 3 is 2.75 bits per heavy atom. The molecule has 1 aromatic carbocycles. The number of ether oxygens (including phenoxy) is 1. The average molecular weight is 331 g/mol. The van der Waals surface area contributed by atoms with E-state index >= 15 is 0 Å². The molecule has 0 aromatic heterocycles. The van der Waals surface area contributed by atoms with Crippen LogP contribution in [0.5, 0.6) is 0 Å². The van der Waals surface area contributed by atoms with Crippen molar-refractivity contribution in [3.05, 3.63) is 30.3 Å². The molecule has 1 unspecified atom stereocenters. The molecule has 128 valence electrons. The fraction of sp³-hybridized carbons (Fsp3) is 0.500. The van der Waals surface area contributed by atoms with E-state index in [1.54, 1.807) is 19.1 Å². The molecular formula is C18H23N2O4+. The topological polar surface area (TPSA) is 68.1 Å². The summed E-state index contributed by atoms with van der Waals surface area (Å²) in [6.45, 7) is 3.53. The van der Waals surface area contributed by atoms with E-state index in [2.05, 4.69) is 0 Å². The van der Waals surface area contributed by atoms with Crippen molar-refractivity contribution in [2.75, 3.05) is 24.6 Å². The second-order valence-corrected chi connectivity index (χ2v) is 6.36. The monoisotopic (exact) mass is 331 g/mol. The van der Waals surface area contributed by atoms with E-state index in [0.29, 0.717) is 18.8 Å². The first-order valence-electron chi connectivity index (χ1n) is 8.55. The largest absolute Gasteiger partial charge is 0.466 e. The SMILES string of the molecule is CCOC(=O)[C@H]1CCC[NH+]([C@H]2CC(=O)N(c3ccccc3)C2=O)C1. The van der Waals surface area contributed by atoms with Crippen LogP contribution in [-0.4, -0.2) is 43.5 Å². The maximum absolute atomic E-state index is 12.8. The van der Waals surface area contributed by atoms with Crippen LogP contribution in [0.2, 0.25) is 0 Å². The molecule has 0 bridgehead atoms. The molecule has 3 atom stereocenters. The molecule has 0 aliphatic carbocycles. The van der Waals surface area contributed by atoms with Crippen molar-refractivity contribution in [2.24, 2.45) is 5.92 Å². The minimum Gasteiger partial charge on any atom is -0.466 e. The summed E-state index contributed by atoms with van der Waals surface area (Å²) in [5.74, 6) is -0.693. The smallest absolute Gasteiger partial charge is 0.314 e. The predicted octanol–water partition coefficient (Wildman–Crippen LogP) is 0.177. The van der Waals surface area contributed by atoms with Gasteiger partial charge in [0, 0.05) is 0 Å². The molecular weight excluding hydrogens is 308 g/mol. The first-order chi connectivity index (χ1) is 11.6. The molecule has 6 nitrogen and oxygen atoms in total. The summed E-state index contributed by atoms with van der Waals surface area (Å²) in [5, 5.41) is 0. The number of anilines is 1. The number of likely N-dealkylation sites (tertiary alicyclic amines) is 1. The third-order valence-corrected chi connectivity index (χ3v) is 4.83. The van der Waals surface area contributed by atoms with Gasteiger partial charge < -0.3 is 9.64 Å². The van der Waals surface area contributed by atoms with Crippen LogP contribution >= 0.6 is 0 Å². The average Bonchev–Trinajstić information content (AvgIpc) is 2.90. The van der Waals surface area contributed by atoms with Crippen LogP contribution in [0.15, 0.2) is 30.3 Å². The lowest BCUT2D eigenvalue weighted by atomic mass is 9.96. The number of piperidine rings is 1. The Hall–Kier alpha value is -2.21. The molecule has 0 spiro atoms. The van der Waals surface area contributed by atoms with Crippen molar-refractivity contribution in [1.82, 2.24) is 0 Å². The Labute approximate surface area is 141 Å². The Kier molecular flexibility index (Phi) is 4.94. The summed E-state index contributed by atoms with van der Waals surface area (Å²) in [4.78, 5) is 39.4. The number of hydrogen-bond acceptors (Lipinski definition) is 4. The van der Waals surface area contributed by atoms with Gasteiger partial charge in [0.25, 0.3) is 5.91 Å². The number of carbonyl (C=O) groups is 3. The van der Waals surface area contributed by atoms with Gasteiger partial charge in [-0.25, -0.2) is 4.90 Å². The predicted molar refractivity (Wildman–Crippen MR) is 87.4 cm³/mol. The lowest BCUT2D eigenvalue weighted by Crippen LogP contribution is -3.18. The molecule has 2 saturated heterocycles. The highest BCUT2D eigenvalue weighted by Gasteiger charge is 2.47. The van der Waals surface area contributed by atoms with Gasteiger partial charge in [-0.3, -0.25) is 14.4 Å². The first-order valence-corrected chi connectivity index (χ1v) is 8.55. The van der Waals surface area contributed by atoms with Gasteiger partial charge in [-0.15, -0.1) is 0 Å². The molecule has 3 rings (SSSR count). The van der Waals surface area contributed by atoms with E-state index in [4.69, 9.17) is 4.74 Å². The molecule has 24 heavy (non-hydrogen) atoms. The van der Waals surface area contributed by atoms with Gasteiger partial charge in [0.05, 0.1) is 31.8 Å². The number of amides is 2. The molecule has 1 aromatic rings. The van der Waals surface area contributed by atoms with Crippen LogP contribution < -0.4 is 9.80 Å². The van der Waals surface area contributed by atoms with Crippen LogP contribution in [-0.2, 0) is 19.1 Å². The van der Waals surface area contributed by atoms with Crippen molar-refractivity contribution in [3.63, 3.8) is 0 Å². The number of quaternary nitrogens is 1. The zero-order valence-electron chi connectivity index (χ0n) is 13.9. The highest BCUT2D eigenvalue weighted by atomic mass is 16.5. The van der Waals surface area contributed by atoms with E-state index < -0.39 is 6.04 Å². The van der Waals surface area contributed by atoms with Crippen molar-refractivity contribution >= 4 is 23.5 Å². The second kappa shape index (κ2) is 7.13. The zero-order chi connectivity index (χ0) is 17.1. The number of nitrogens with one attached hydrogen (secondary N) is 1.